The first-order valence-electron chi connectivity index (χ1n) is 7.64. The number of tetrazole rings is 1. The van der Waals surface area contributed by atoms with Crippen LogP contribution in [-0.2, 0) is 4.79 Å². The van der Waals surface area contributed by atoms with Gasteiger partial charge in [0.1, 0.15) is 6.04 Å². The van der Waals surface area contributed by atoms with Crippen molar-refractivity contribution < 1.29 is 14.3 Å². The number of carbonyl (C=O) groups excluding carboxylic acids is 1. The van der Waals surface area contributed by atoms with Gasteiger partial charge in [-0.15, -0.1) is 0 Å². The Morgan fingerprint density at radius 2 is 2.17 bits per heavy atom. The maximum Gasteiger partial charge on any atom is 0.248 e. The van der Waals surface area contributed by atoms with Crippen LogP contribution in [0.15, 0.2) is 29.5 Å². The number of carbonyl (C=O) groups is 1. The molecular formula is C16H19N5O3. The fourth-order valence-electron chi connectivity index (χ4n) is 2.91. The van der Waals surface area contributed by atoms with E-state index in [2.05, 4.69) is 20.8 Å². The highest BCUT2D eigenvalue weighted by Crippen LogP contribution is 2.38. The Bertz CT molecular complexity index is 812. The summed E-state index contributed by atoms with van der Waals surface area (Å²) in [4.78, 5) is 12.2. The number of hydrogen-bond donors (Lipinski definition) is 1. The van der Waals surface area contributed by atoms with E-state index in [1.54, 1.807) is 11.8 Å². The molecule has 3 rings (SSSR count). The zero-order chi connectivity index (χ0) is 17.3. The van der Waals surface area contributed by atoms with Gasteiger partial charge in [0, 0.05) is 11.3 Å². The Kier molecular flexibility index (Phi) is 4.20. The van der Waals surface area contributed by atoms with Gasteiger partial charge in [-0.3, -0.25) is 4.79 Å². The van der Waals surface area contributed by atoms with Crippen molar-refractivity contribution in [3.63, 3.8) is 0 Å². The number of hydrogen-bond acceptors (Lipinski definition) is 7. The number of Topliss-reactive ketones (excluding diaryl/α,β-unsaturated/α-hetero) is 1. The molecule has 1 atom stereocenters. The van der Waals surface area contributed by atoms with Gasteiger partial charge < -0.3 is 14.8 Å². The Labute approximate surface area is 139 Å². The van der Waals surface area contributed by atoms with E-state index in [-0.39, 0.29) is 5.78 Å². The minimum absolute atomic E-state index is 0.0417. The number of allylic oxidation sites excluding steroid dienone is 2. The van der Waals surface area contributed by atoms with Crippen LogP contribution in [0.5, 0.6) is 11.5 Å². The van der Waals surface area contributed by atoms with Crippen LogP contribution in [-0.4, -0.2) is 39.7 Å². The normalized spacial score (nSPS) is 16.4. The molecule has 1 aromatic carbocycles. The molecule has 1 aromatic heterocycles. The quantitative estimate of drug-likeness (QED) is 0.896. The van der Waals surface area contributed by atoms with Crippen LogP contribution in [0.2, 0.25) is 0 Å². The molecule has 1 aliphatic heterocycles. The molecule has 0 bridgehead atoms. The molecule has 8 nitrogen and oxygen atoms in total. The topological polar surface area (TPSA) is 91.2 Å². The Morgan fingerprint density at radius 3 is 2.83 bits per heavy atom. The number of nitrogens with zero attached hydrogens (tertiary/aromatic N) is 4. The number of anilines is 1. The first kappa shape index (κ1) is 16.0. The third-order valence-corrected chi connectivity index (χ3v) is 3.90. The highest BCUT2D eigenvalue weighted by Gasteiger charge is 2.32. The molecule has 24 heavy (non-hydrogen) atoms. The molecule has 0 spiro atoms. The zero-order valence-electron chi connectivity index (χ0n) is 14.0. The number of ketones is 1. The maximum absolute atomic E-state index is 12.2. The molecule has 1 unspecified atom stereocenters. The maximum atomic E-state index is 12.2. The zero-order valence-corrected chi connectivity index (χ0v) is 14.0. The minimum Gasteiger partial charge on any atom is -0.493 e. The number of methoxy groups -OCH3 is 1. The third-order valence-electron chi connectivity index (χ3n) is 3.90. The Balaban J connectivity index is 2.16. The smallest absolute Gasteiger partial charge is 0.248 e. The van der Waals surface area contributed by atoms with E-state index >= 15 is 0 Å². The van der Waals surface area contributed by atoms with E-state index in [1.165, 1.54) is 6.92 Å². The lowest BCUT2D eigenvalue weighted by Gasteiger charge is -2.27. The molecule has 8 heteroatoms. The van der Waals surface area contributed by atoms with Gasteiger partial charge >= 0.3 is 0 Å². The van der Waals surface area contributed by atoms with Gasteiger partial charge in [0.2, 0.25) is 5.95 Å². The van der Waals surface area contributed by atoms with Crippen molar-refractivity contribution in [2.24, 2.45) is 0 Å². The van der Waals surface area contributed by atoms with Crippen molar-refractivity contribution in [2.75, 3.05) is 19.0 Å². The van der Waals surface area contributed by atoms with Gasteiger partial charge in [-0.1, -0.05) is 11.2 Å². The molecule has 0 saturated heterocycles. The molecule has 0 radical (unpaired) electrons. The van der Waals surface area contributed by atoms with E-state index in [4.69, 9.17) is 9.47 Å². The summed E-state index contributed by atoms with van der Waals surface area (Å²) >= 11 is 0. The first-order valence-corrected chi connectivity index (χ1v) is 7.64. The van der Waals surface area contributed by atoms with E-state index in [9.17, 15) is 4.79 Å². The second kappa shape index (κ2) is 6.31. The van der Waals surface area contributed by atoms with Gasteiger partial charge in [0.05, 0.1) is 13.7 Å². The predicted octanol–water partition coefficient (Wildman–Crippen LogP) is 1.96. The van der Waals surface area contributed by atoms with Gasteiger partial charge in [-0.25, -0.2) is 0 Å². The summed E-state index contributed by atoms with van der Waals surface area (Å²) in [6.45, 7) is 5.79. The van der Waals surface area contributed by atoms with E-state index in [0.717, 1.165) is 11.3 Å². The predicted molar refractivity (Wildman–Crippen MR) is 87.1 cm³/mol. The third kappa shape index (κ3) is 2.60. The summed E-state index contributed by atoms with van der Waals surface area (Å²) in [6.07, 6.45) is 0. The standard InChI is InChI=1S/C16H19N5O3/c1-5-24-13-8-11(6-7-12(13)23-4)15-14(10(3)22)9(2)17-16-18-19-20-21(15)16/h6-8,15H,5H2,1-4H3,(H,17,18,20). The second-order valence-electron chi connectivity index (χ2n) is 5.41. The highest BCUT2D eigenvalue weighted by atomic mass is 16.5. The molecule has 126 valence electrons. The number of benzene rings is 1. The SMILES string of the molecule is CCOc1cc(C2C(C(C)=O)=C(C)Nc3nnnn32)ccc1OC. The molecular weight excluding hydrogens is 310 g/mol. The van der Waals surface area contributed by atoms with Crippen LogP contribution in [0.1, 0.15) is 32.4 Å². The van der Waals surface area contributed by atoms with Crippen LogP contribution in [0, 0.1) is 0 Å². The van der Waals surface area contributed by atoms with Crippen LogP contribution >= 0.6 is 0 Å². The molecule has 1 aliphatic rings. The fourth-order valence-corrected chi connectivity index (χ4v) is 2.91. The largest absolute Gasteiger partial charge is 0.493 e. The van der Waals surface area contributed by atoms with Crippen molar-refractivity contribution in [1.29, 1.82) is 0 Å². The molecule has 2 heterocycles. The lowest BCUT2D eigenvalue weighted by molar-refractivity contribution is -0.114. The molecule has 2 aromatic rings. The van der Waals surface area contributed by atoms with Crippen molar-refractivity contribution in [1.82, 2.24) is 20.2 Å². The molecule has 0 fully saturated rings. The summed E-state index contributed by atoms with van der Waals surface area (Å²) in [5.41, 5.74) is 2.20. The molecule has 0 saturated carbocycles. The lowest BCUT2D eigenvalue weighted by atomic mass is 9.93. The number of aromatic nitrogens is 4. The summed E-state index contributed by atoms with van der Waals surface area (Å²) < 4.78 is 12.6. The summed E-state index contributed by atoms with van der Waals surface area (Å²) in [5.74, 6) is 1.71. The van der Waals surface area contributed by atoms with Crippen LogP contribution < -0.4 is 14.8 Å². The van der Waals surface area contributed by atoms with E-state index in [1.807, 2.05) is 32.0 Å². The Morgan fingerprint density at radius 1 is 1.38 bits per heavy atom. The van der Waals surface area contributed by atoms with Crippen molar-refractivity contribution in [3.8, 4) is 11.5 Å². The molecule has 1 N–H and O–H groups in total. The van der Waals surface area contributed by atoms with Gasteiger partial charge in [0.15, 0.2) is 17.3 Å². The van der Waals surface area contributed by atoms with E-state index in [0.29, 0.717) is 29.6 Å². The first-order chi connectivity index (χ1) is 11.6. The summed E-state index contributed by atoms with van der Waals surface area (Å²) in [5, 5.41) is 14.8. The van der Waals surface area contributed by atoms with Crippen molar-refractivity contribution in [2.45, 2.75) is 26.8 Å². The number of rotatable bonds is 5. The van der Waals surface area contributed by atoms with Gasteiger partial charge in [-0.05, 0) is 48.9 Å². The van der Waals surface area contributed by atoms with Gasteiger partial charge in [0.25, 0.3) is 0 Å². The average molecular weight is 329 g/mol. The lowest BCUT2D eigenvalue weighted by Crippen LogP contribution is -2.27. The second-order valence-corrected chi connectivity index (χ2v) is 5.41. The monoisotopic (exact) mass is 329 g/mol. The van der Waals surface area contributed by atoms with Crippen LogP contribution in [0.25, 0.3) is 0 Å². The molecule has 0 aliphatic carbocycles. The number of ether oxygens (including phenoxy) is 2. The van der Waals surface area contributed by atoms with Crippen LogP contribution in [0.4, 0.5) is 5.95 Å². The molecule has 0 amide bonds. The minimum atomic E-state index is -0.418. The number of fused-ring (bicyclic) bond motifs is 1. The van der Waals surface area contributed by atoms with Crippen molar-refractivity contribution >= 4 is 11.7 Å². The van der Waals surface area contributed by atoms with Crippen LogP contribution in [0.3, 0.4) is 0 Å². The number of nitrogens with one attached hydrogen (secondary N) is 1. The van der Waals surface area contributed by atoms with Crippen molar-refractivity contribution in [3.05, 3.63) is 35.0 Å². The average Bonchev–Trinajstić information content (AvgIpc) is 3.01. The highest BCUT2D eigenvalue weighted by molar-refractivity contribution is 5.96. The Hall–Kier alpha value is -2.90. The summed E-state index contributed by atoms with van der Waals surface area (Å²) in [6, 6.07) is 5.15. The summed E-state index contributed by atoms with van der Waals surface area (Å²) in [7, 11) is 1.59. The van der Waals surface area contributed by atoms with E-state index < -0.39 is 6.04 Å². The van der Waals surface area contributed by atoms with Gasteiger partial charge in [-0.2, -0.15) is 4.68 Å². The fraction of sp³-hybridized carbons (Fsp3) is 0.375.